The van der Waals surface area contributed by atoms with Crippen molar-refractivity contribution in [2.24, 2.45) is 0 Å². The fourth-order valence-corrected chi connectivity index (χ4v) is 3.85. The first-order chi connectivity index (χ1) is 14.8. The second-order valence-corrected chi connectivity index (χ2v) is 8.80. The number of halogens is 2. The van der Waals surface area contributed by atoms with E-state index in [-0.39, 0.29) is 29.6 Å². The van der Waals surface area contributed by atoms with Crippen LogP contribution in [0.25, 0.3) is 5.69 Å². The highest BCUT2D eigenvalue weighted by Gasteiger charge is 2.22. The molecule has 1 N–H and O–H groups in total. The van der Waals surface area contributed by atoms with Gasteiger partial charge >= 0.3 is 0 Å². The van der Waals surface area contributed by atoms with E-state index in [2.05, 4.69) is 15.5 Å². The van der Waals surface area contributed by atoms with Gasteiger partial charge < -0.3 is 5.32 Å². The van der Waals surface area contributed by atoms with Gasteiger partial charge in [-0.15, -0.1) is 10.2 Å². The van der Waals surface area contributed by atoms with E-state index in [1.807, 2.05) is 61.7 Å². The van der Waals surface area contributed by atoms with Gasteiger partial charge in [0, 0.05) is 10.7 Å². The maximum absolute atomic E-state index is 13.1. The molecule has 2 atom stereocenters. The van der Waals surface area contributed by atoms with Crippen molar-refractivity contribution in [3.63, 3.8) is 0 Å². The van der Waals surface area contributed by atoms with Crippen molar-refractivity contribution < 1.29 is 9.18 Å². The number of amides is 1. The topological polar surface area (TPSA) is 63.1 Å². The minimum Gasteiger partial charge on any atom is -0.349 e. The SMILES string of the molecule is CC(NC(=O)CSc1nnc(C(C)N(C)C)n1-c1ccc(Cl)cc1)c1ccc(F)cc1. The number of rotatable bonds is 8. The Hall–Kier alpha value is -2.42. The van der Waals surface area contributed by atoms with Crippen molar-refractivity contribution in [2.75, 3.05) is 19.8 Å². The summed E-state index contributed by atoms with van der Waals surface area (Å²) in [5, 5.41) is 12.9. The molecule has 1 aromatic heterocycles. The molecule has 0 saturated carbocycles. The monoisotopic (exact) mass is 461 g/mol. The maximum atomic E-state index is 13.1. The van der Waals surface area contributed by atoms with Crippen molar-refractivity contribution >= 4 is 29.3 Å². The molecule has 0 aliphatic rings. The van der Waals surface area contributed by atoms with E-state index in [9.17, 15) is 9.18 Å². The molecule has 2 aromatic carbocycles. The highest BCUT2D eigenvalue weighted by atomic mass is 35.5. The van der Waals surface area contributed by atoms with Crippen LogP contribution in [-0.4, -0.2) is 45.4 Å². The highest BCUT2D eigenvalue weighted by Crippen LogP contribution is 2.27. The molecule has 2 unspecified atom stereocenters. The maximum Gasteiger partial charge on any atom is 0.230 e. The zero-order valence-electron chi connectivity index (χ0n) is 17.8. The molecule has 164 valence electrons. The first-order valence-corrected chi connectivity index (χ1v) is 11.2. The van der Waals surface area contributed by atoms with Gasteiger partial charge in [-0.25, -0.2) is 4.39 Å². The second kappa shape index (κ2) is 10.3. The molecule has 3 aromatic rings. The summed E-state index contributed by atoms with van der Waals surface area (Å²) in [5.74, 6) is 0.500. The lowest BCUT2D eigenvalue weighted by Gasteiger charge is -2.20. The van der Waals surface area contributed by atoms with Crippen LogP contribution in [-0.2, 0) is 4.79 Å². The third-order valence-electron chi connectivity index (χ3n) is 4.97. The van der Waals surface area contributed by atoms with Crippen LogP contribution in [0.1, 0.15) is 37.3 Å². The van der Waals surface area contributed by atoms with Crippen molar-refractivity contribution in [3.05, 3.63) is 70.8 Å². The van der Waals surface area contributed by atoms with Crippen LogP contribution in [0.4, 0.5) is 4.39 Å². The molecule has 6 nitrogen and oxygen atoms in total. The van der Waals surface area contributed by atoms with Gasteiger partial charge in [0.25, 0.3) is 0 Å². The van der Waals surface area contributed by atoms with Crippen LogP contribution in [0.15, 0.2) is 53.7 Å². The Morgan fingerprint density at radius 2 is 1.77 bits per heavy atom. The molecule has 0 radical (unpaired) electrons. The van der Waals surface area contributed by atoms with Crippen LogP contribution in [0.5, 0.6) is 0 Å². The first kappa shape index (κ1) is 23.2. The molecule has 0 aliphatic carbocycles. The lowest BCUT2D eigenvalue weighted by molar-refractivity contribution is -0.119. The Kier molecular flexibility index (Phi) is 7.69. The number of thioether (sulfide) groups is 1. The molecular weight excluding hydrogens is 437 g/mol. The van der Waals surface area contributed by atoms with Gasteiger partial charge in [0.15, 0.2) is 11.0 Å². The number of hydrogen-bond acceptors (Lipinski definition) is 5. The lowest BCUT2D eigenvalue weighted by atomic mass is 10.1. The van der Waals surface area contributed by atoms with E-state index in [4.69, 9.17) is 11.6 Å². The first-order valence-electron chi connectivity index (χ1n) is 9.81. The third-order valence-corrected chi connectivity index (χ3v) is 6.15. The van der Waals surface area contributed by atoms with Crippen molar-refractivity contribution in [3.8, 4) is 5.69 Å². The molecule has 1 heterocycles. The fraction of sp³-hybridized carbons (Fsp3) is 0.318. The van der Waals surface area contributed by atoms with Gasteiger partial charge in [0.1, 0.15) is 5.82 Å². The summed E-state index contributed by atoms with van der Waals surface area (Å²) in [4.78, 5) is 14.6. The number of benzene rings is 2. The van der Waals surface area contributed by atoms with E-state index in [0.29, 0.717) is 10.2 Å². The van der Waals surface area contributed by atoms with E-state index < -0.39 is 0 Å². The fourth-order valence-electron chi connectivity index (χ4n) is 2.96. The molecule has 0 aliphatic heterocycles. The summed E-state index contributed by atoms with van der Waals surface area (Å²) in [5.41, 5.74) is 1.71. The predicted octanol–water partition coefficient (Wildman–Crippen LogP) is 4.65. The number of nitrogens with zero attached hydrogens (tertiary/aromatic N) is 4. The van der Waals surface area contributed by atoms with E-state index in [1.54, 1.807) is 12.1 Å². The van der Waals surface area contributed by atoms with Crippen molar-refractivity contribution in [2.45, 2.75) is 31.1 Å². The van der Waals surface area contributed by atoms with Crippen LogP contribution in [0, 0.1) is 5.82 Å². The van der Waals surface area contributed by atoms with Gasteiger partial charge in [-0.3, -0.25) is 14.3 Å². The quantitative estimate of drug-likeness (QED) is 0.494. The second-order valence-electron chi connectivity index (χ2n) is 7.42. The van der Waals surface area contributed by atoms with Gasteiger partial charge in [0.05, 0.1) is 17.8 Å². The predicted molar refractivity (Wildman–Crippen MR) is 122 cm³/mol. The minimum atomic E-state index is -0.304. The number of aromatic nitrogens is 3. The Bertz CT molecular complexity index is 1020. The number of hydrogen-bond donors (Lipinski definition) is 1. The third kappa shape index (κ3) is 5.84. The Labute approximate surface area is 190 Å². The van der Waals surface area contributed by atoms with E-state index >= 15 is 0 Å². The van der Waals surface area contributed by atoms with Crippen molar-refractivity contribution in [1.82, 2.24) is 25.0 Å². The molecule has 9 heteroatoms. The number of nitrogens with one attached hydrogen (secondary N) is 1. The van der Waals surface area contributed by atoms with Crippen molar-refractivity contribution in [1.29, 1.82) is 0 Å². The molecular formula is C22H25ClFN5OS. The van der Waals surface area contributed by atoms with E-state index in [0.717, 1.165) is 17.1 Å². The summed E-state index contributed by atoms with van der Waals surface area (Å²) in [6.07, 6.45) is 0. The molecule has 31 heavy (non-hydrogen) atoms. The largest absolute Gasteiger partial charge is 0.349 e. The average molecular weight is 462 g/mol. The molecule has 0 spiro atoms. The summed E-state index contributed by atoms with van der Waals surface area (Å²) >= 11 is 7.36. The Morgan fingerprint density at radius 1 is 1.13 bits per heavy atom. The molecule has 0 saturated heterocycles. The molecule has 0 fully saturated rings. The summed E-state index contributed by atoms with van der Waals surface area (Å²) in [6, 6.07) is 13.3. The number of carbonyl (C=O) groups is 1. The smallest absolute Gasteiger partial charge is 0.230 e. The van der Waals surface area contributed by atoms with Gasteiger partial charge in [-0.05, 0) is 69.9 Å². The molecule has 0 bridgehead atoms. The van der Waals surface area contributed by atoms with Crippen LogP contribution in [0.2, 0.25) is 5.02 Å². The van der Waals surface area contributed by atoms with Crippen LogP contribution in [0.3, 0.4) is 0 Å². The zero-order chi connectivity index (χ0) is 22.5. The molecule has 1 amide bonds. The van der Waals surface area contributed by atoms with Gasteiger partial charge in [-0.2, -0.15) is 0 Å². The Balaban J connectivity index is 1.75. The lowest BCUT2D eigenvalue weighted by Crippen LogP contribution is -2.28. The highest BCUT2D eigenvalue weighted by molar-refractivity contribution is 7.99. The average Bonchev–Trinajstić information content (AvgIpc) is 3.16. The summed E-state index contributed by atoms with van der Waals surface area (Å²) < 4.78 is 15.1. The van der Waals surface area contributed by atoms with Gasteiger partial charge in [0.2, 0.25) is 5.91 Å². The normalized spacial score (nSPS) is 13.3. The standard InChI is InChI=1S/C22H25ClFN5OS/c1-14(16-5-9-18(24)10-6-16)25-20(30)13-31-22-27-26-21(15(2)28(3)4)29(22)19-11-7-17(23)8-12-19/h5-12,14-15H,13H2,1-4H3,(H,25,30). The number of carbonyl (C=O) groups excluding carboxylic acids is 1. The Morgan fingerprint density at radius 3 is 2.39 bits per heavy atom. The molecule has 3 rings (SSSR count). The minimum absolute atomic E-state index is 0.0184. The van der Waals surface area contributed by atoms with Crippen LogP contribution >= 0.6 is 23.4 Å². The van der Waals surface area contributed by atoms with E-state index in [1.165, 1.54) is 23.9 Å². The van der Waals surface area contributed by atoms with Gasteiger partial charge in [-0.1, -0.05) is 35.5 Å². The summed E-state index contributed by atoms with van der Waals surface area (Å²) in [6.45, 7) is 3.91. The van der Waals surface area contributed by atoms with Crippen LogP contribution < -0.4 is 5.32 Å². The summed E-state index contributed by atoms with van der Waals surface area (Å²) in [7, 11) is 3.95. The zero-order valence-corrected chi connectivity index (χ0v) is 19.4.